The van der Waals surface area contributed by atoms with E-state index in [1.165, 1.54) is 17.0 Å². The van der Waals surface area contributed by atoms with Gasteiger partial charge in [-0.3, -0.25) is 4.90 Å². The Bertz CT molecular complexity index is 771. The van der Waals surface area contributed by atoms with Gasteiger partial charge in [0.25, 0.3) is 0 Å². The summed E-state index contributed by atoms with van der Waals surface area (Å²) in [5.74, 6) is 0. The van der Waals surface area contributed by atoms with Crippen LogP contribution in [0.5, 0.6) is 0 Å². The number of ether oxygens (including phenoxy) is 1. The molecular weight excluding hydrogens is 308 g/mol. The molecule has 2 aromatic rings. The number of nitrogens with zero attached hydrogens (tertiary/aromatic N) is 4. The highest BCUT2D eigenvalue weighted by Crippen LogP contribution is 2.23. The van der Waals surface area contributed by atoms with Gasteiger partial charge in [-0.1, -0.05) is 5.21 Å². The lowest BCUT2D eigenvalue weighted by Crippen LogP contribution is -2.26. The first-order valence-electron chi connectivity index (χ1n) is 6.56. The van der Waals surface area contributed by atoms with E-state index in [2.05, 4.69) is 10.3 Å². The third-order valence-electron chi connectivity index (χ3n) is 3.31. The molecule has 1 aromatic carbocycles. The molecule has 0 aliphatic carbocycles. The van der Waals surface area contributed by atoms with Crippen LogP contribution < -0.4 is 4.90 Å². The monoisotopic (exact) mass is 322 g/mol. The van der Waals surface area contributed by atoms with Crippen molar-refractivity contribution in [1.82, 2.24) is 15.0 Å². The minimum Gasteiger partial charge on any atom is -0.442 e. The maximum absolute atomic E-state index is 11.9. The number of cyclic esters (lactones) is 1. The SMILES string of the molecule is CS(=O)(=O)c1ccc(N2C[C@H](Cn3ccnn3)OC2=O)cc1. The van der Waals surface area contributed by atoms with Gasteiger partial charge in [-0.25, -0.2) is 17.9 Å². The molecule has 0 spiro atoms. The van der Waals surface area contributed by atoms with Crippen LogP contribution in [0.25, 0.3) is 0 Å². The Kier molecular flexibility index (Phi) is 3.57. The summed E-state index contributed by atoms with van der Waals surface area (Å²) in [5.41, 5.74) is 0.596. The van der Waals surface area contributed by atoms with Crippen LogP contribution in [0.1, 0.15) is 0 Å². The van der Waals surface area contributed by atoms with E-state index in [9.17, 15) is 13.2 Å². The van der Waals surface area contributed by atoms with Crippen molar-refractivity contribution >= 4 is 21.6 Å². The number of hydrogen-bond acceptors (Lipinski definition) is 6. The summed E-state index contributed by atoms with van der Waals surface area (Å²) in [7, 11) is -3.25. The van der Waals surface area contributed by atoms with E-state index in [1.54, 1.807) is 29.2 Å². The van der Waals surface area contributed by atoms with Gasteiger partial charge in [0, 0.05) is 18.1 Å². The quantitative estimate of drug-likeness (QED) is 0.822. The summed E-state index contributed by atoms with van der Waals surface area (Å²) in [6.07, 6.45) is 3.59. The van der Waals surface area contributed by atoms with E-state index in [-0.39, 0.29) is 11.0 Å². The van der Waals surface area contributed by atoms with Crippen LogP contribution in [0.4, 0.5) is 10.5 Å². The van der Waals surface area contributed by atoms with E-state index in [4.69, 9.17) is 4.74 Å². The standard InChI is InChI=1S/C13H14N4O4S/c1-22(19,20)12-4-2-10(3-5-12)17-9-11(21-13(17)18)8-16-7-6-14-15-16/h2-7,11H,8-9H2,1H3/t11-/m0/s1. The van der Waals surface area contributed by atoms with Gasteiger partial charge in [0.2, 0.25) is 0 Å². The molecule has 1 aromatic heterocycles. The minimum atomic E-state index is -3.25. The lowest BCUT2D eigenvalue weighted by molar-refractivity contribution is 0.129. The molecule has 0 radical (unpaired) electrons. The summed E-state index contributed by atoms with van der Waals surface area (Å²) in [5, 5.41) is 7.53. The van der Waals surface area contributed by atoms with E-state index < -0.39 is 15.9 Å². The van der Waals surface area contributed by atoms with Crippen molar-refractivity contribution in [3.05, 3.63) is 36.7 Å². The zero-order valence-corrected chi connectivity index (χ0v) is 12.6. The third-order valence-corrected chi connectivity index (χ3v) is 4.44. The second-order valence-corrected chi connectivity index (χ2v) is 7.02. The fourth-order valence-electron chi connectivity index (χ4n) is 2.24. The van der Waals surface area contributed by atoms with Gasteiger partial charge >= 0.3 is 6.09 Å². The molecule has 1 saturated heterocycles. The first-order valence-corrected chi connectivity index (χ1v) is 8.45. The number of sulfone groups is 1. The van der Waals surface area contributed by atoms with Crippen LogP contribution in [0.3, 0.4) is 0 Å². The van der Waals surface area contributed by atoms with Crippen LogP contribution >= 0.6 is 0 Å². The lowest BCUT2D eigenvalue weighted by Gasteiger charge is -2.13. The number of rotatable bonds is 4. The van der Waals surface area contributed by atoms with Crippen molar-refractivity contribution < 1.29 is 17.9 Å². The third kappa shape index (κ3) is 2.93. The second-order valence-electron chi connectivity index (χ2n) is 5.01. The number of carbonyl (C=O) groups is 1. The molecule has 0 unspecified atom stereocenters. The molecule has 0 bridgehead atoms. The lowest BCUT2D eigenvalue weighted by atomic mass is 10.2. The Morgan fingerprint density at radius 1 is 1.32 bits per heavy atom. The summed E-state index contributed by atoms with van der Waals surface area (Å²) in [6.45, 7) is 0.792. The Morgan fingerprint density at radius 3 is 2.64 bits per heavy atom. The molecule has 1 amide bonds. The Morgan fingerprint density at radius 2 is 2.05 bits per heavy atom. The largest absolute Gasteiger partial charge is 0.442 e. The van der Waals surface area contributed by atoms with E-state index >= 15 is 0 Å². The number of amides is 1. The molecule has 22 heavy (non-hydrogen) atoms. The summed E-state index contributed by atoms with van der Waals surface area (Å²) >= 11 is 0. The Balaban J connectivity index is 1.73. The second kappa shape index (κ2) is 5.41. The first kappa shape index (κ1) is 14.5. The highest BCUT2D eigenvalue weighted by atomic mass is 32.2. The van der Waals surface area contributed by atoms with E-state index in [0.717, 1.165) is 6.26 Å². The van der Waals surface area contributed by atoms with Crippen molar-refractivity contribution in [3.8, 4) is 0 Å². The molecule has 9 heteroatoms. The molecule has 0 saturated carbocycles. The van der Waals surface area contributed by atoms with Crippen LogP contribution in [-0.4, -0.2) is 48.4 Å². The Hall–Kier alpha value is -2.42. The summed E-state index contributed by atoms with van der Waals surface area (Å²) in [4.78, 5) is 13.6. The van der Waals surface area contributed by atoms with Crippen LogP contribution in [0.2, 0.25) is 0 Å². The highest BCUT2D eigenvalue weighted by molar-refractivity contribution is 7.90. The van der Waals surface area contributed by atoms with Crippen molar-refractivity contribution in [2.45, 2.75) is 17.5 Å². The zero-order chi connectivity index (χ0) is 15.7. The minimum absolute atomic E-state index is 0.211. The number of benzene rings is 1. The van der Waals surface area contributed by atoms with Crippen molar-refractivity contribution in [3.63, 3.8) is 0 Å². The highest BCUT2D eigenvalue weighted by Gasteiger charge is 2.32. The fourth-order valence-corrected chi connectivity index (χ4v) is 2.87. The molecule has 1 aliphatic heterocycles. The molecule has 8 nitrogen and oxygen atoms in total. The number of aromatic nitrogens is 3. The average molecular weight is 322 g/mol. The molecule has 2 heterocycles. The van der Waals surface area contributed by atoms with Gasteiger partial charge in [-0.2, -0.15) is 0 Å². The maximum Gasteiger partial charge on any atom is 0.414 e. The van der Waals surface area contributed by atoms with Crippen LogP contribution in [-0.2, 0) is 21.1 Å². The van der Waals surface area contributed by atoms with Gasteiger partial charge in [0.15, 0.2) is 9.84 Å². The first-order chi connectivity index (χ1) is 10.4. The number of anilines is 1. The van der Waals surface area contributed by atoms with Gasteiger partial charge in [0.05, 0.1) is 24.2 Å². The van der Waals surface area contributed by atoms with E-state index in [1.807, 2.05) is 0 Å². The van der Waals surface area contributed by atoms with Crippen molar-refractivity contribution in [2.24, 2.45) is 0 Å². The van der Waals surface area contributed by atoms with Gasteiger partial charge in [-0.05, 0) is 24.3 Å². The summed E-state index contributed by atoms with van der Waals surface area (Å²) in [6, 6.07) is 6.14. The molecular formula is C13H14N4O4S. The maximum atomic E-state index is 11.9. The Labute approximate surface area is 127 Å². The average Bonchev–Trinajstić information content (AvgIpc) is 3.08. The van der Waals surface area contributed by atoms with Gasteiger partial charge < -0.3 is 4.74 Å². The zero-order valence-electron chi connectivity index (χ0n) is 11.8. The fraction of sp³-hybridized carbons (Fsp3) is 0.308. The van der Waals surface area contributed by atoms with Crippen molar-refractivity contribution in [2.75, 3.05) is 17.7 Å². The normalized spacial score (nSPS) is 18.5. The smallest absolute Gasteiger partial charge is 0.414 e. The topological polar surface area (TPSA) is 94.4 Å². The van der Waals surface area contributed by atoms with E-state index in [0.29, 0.717) is 18.8 Å². The van der Waals surface area contributed by atoms with Crippen molar-refractivity contribution in [1.29, 1.82) is 0 Å². The van der Waals surface area contributed by atoms with Gasteiger partial charge in [-0.15, -0.1) is 5.10 Å². The van der Waals surface area contributed by atoms with Crippen LogP contribution in [0.15, 0.2) is 41.6 Å². The predicted octanol–water partition coefficient (Wildman–Crippen LogP) is 0.707. The number of hydrogen-bond donors (Lipinski definition) is 0. The molecule has 1 aliphatic rings. The summed E-state index contributed by atoms with van der Waals surface area (Å²) < 4.78 is 29.7. The molecule has 116 valence electrons. The van der Waals surface area contributed by atoms with Crippen LogP contribution in [0, 0.1) is 0 Å². The molecule has 1 atom stereocenters. The van der Waals surface area contributed by atoms with Gasteiger partial charge in [0.1, 0.15) is 6.10 Å². The molecule has 3 rings (SSSR count). The predicted molar refractivity (Wildman–Crippen MR) is 77.2 cm³/mol. The molecule has 0 N–H and O–H groups in total. The molecule has 1 fully saturated rings. The number of carbonyl (C=O) groups excluding carboxylic acids is 1.